The Hall–Kier alpha value is 0.196. The third kappa shape index (κ3) is 9.98. The Morgan fingerprint density at radius 2 is 1.30 bits per heavy atom. The molecule has 0 N–H and O–H groups in total. The van der Waals surface area contributed by atoms with E-state index in [0.717, 1.165) is 0 Å². The summed E-state index contributed by atoms with van der Waals surface area (Å²) in [6.07, 6.45) is 10.8. The van der Waals surface area contributed by atoms with Gasteiger partial charge in [0.2, 0.25) is 0 Å². The van der Waals surface area contributed by atoms with Crippen LogP contribution in [0.15, 0.2) is 30.3 Å². The van der Waals surface area contributed by atoms with E-state index in [0.29, 0.717) is 4.12 Å². The van der Waals surface area contributed by atoms with Crippen molar-refractivity contribution in [1.29, 1.82) is 0 Å². The third-order valence-electron chi connectivity index (χ3n) is 5.80. The van der Waals surface area contributed by atoms with E-state index in [1.54, 1.807) is 13.3 Å². The molecule has 3 heteroatoms. The fraction of sp³-hybridized carbons (Fsp3) is 0.750. The van der Waals surface area contributed by atoms with Crippen LogP contribution < -0.4 is 0 Å². The van der Waals surface area contributed by atoms with Crippen LogP contribution >= 0.6 is 0 Å². The van der Waals surface area contributed by atoms with Gasteiger partial charge in [0.25, 0.3) is 0 Å². The normalized spacial score (nSPS) is 13.7. The van der Waals surface area contributed by atoms with Crippen molar-refractivity contribution >= 4 is 26.7 Å². The number of benzene rings is 1. The first-order valence-corrected chi connectivity index (χ1v) is 22.7. The maximum atomic E-state index is 7.05. The number of unbranched alkanes of at least 4 members (excludes halogenated alkanes) is 3. The van der Waals surface area contributed by atoms with Gasteiger partial charge in [-0.1, -0.05) is 0 Å². The zero-order chi connectivity index (χ0) is 20.2. The van der Waals surface area contributed by atoms with Gasteiger partial charge in [0.1, 0.15) is 0 Å². The average molecular weight is 497 g/mol. The summed E-state index contributed by atoms with van der Waals surface area (Å²) in [5.41, 5.74) is 1.49. The standard InChI is InChI=1S/C12H19OSi.3C4H9.Sn/c1-14(2,3)13-11-7-10-12-8-5-4-6-9-12;3*1-3-4-2;/h4-6,8-9,11H,7,10H2,1-3H3;3*1,3-4H2,2H3;. The Bertz CT molecular complexity index is 461. The molecule has 0 radical (unpaired) electrons. The second kappa shape index (κ2) is 13.4. The molecule has 0 aliphatic heterocycles. The molecule has 0 aromatic heterocycles. The zero-order valence-electron chi connectivity index (χ0n) is 19.2. The summed E-state index contributed by atoms with van der Waals surface area (Å²) in [4.78, 5) is 0. The zero-order valence-corrected chi connectivity index (χ0v) is 23.0. The topological polar surface area (TPSA) is 9.23 Å². The summed E-state index contributed by atoms with van der Waals surface area (Å²) in [5, 5.41) is 0. The molecule has 0 amide bonds. The van der Waals surface area contributed by atoms with Gasteiger partial charge in [-0.3, -0.25) is 0 Å². The van der Waals surface area contributed by atoms with E-state index in [9.17, 15) is 0 Å². The molecule has 0 saturated carbocycles. The first-order chi connectivity index (χ1) is 12.9. The van der Waals surface area contributed by atoms with Crippen molar-refractivity contribution < 1.29 is 4.43 Å². The van der Waals surface area contributed by atoms with Crippen molar-refractivity contribution in [3.8, 4) is 0 Å². The second-order valence-corrected chi connectivity index (χ2v) is 27.8. The van der Waals surface area contributed by atoms with Crippen molar-refractivity contribution in [3.63, 3.8) is 0 Å². The predicted molar refractivity (Wildman–Crippen MR) is 128 cm³/mol. The molecule has 1 aromatic carbocycles. The van der Waals surface area contributed by atoms with E-state index in [4.69, 9.17) is 4.43 Å². The third-order valence-corrected chi connectivity index (χ3v) is 24.1. The van der Waals surface area contributed by atoms with Gasteiger partial charge in [-0.15, -0.1) is 0 Å². The predicted octanol–water partition coefficient (Wildman–Crippen LogP) is 8.23. The van der Waals surface area contributed by atoms with E-state index in [1.165, 1.54) is 56.9 Å². The Labute approximate surface area is 175 Å². The fourth-order valence-electron chi connectivity index (χ4n) is 4.30. The molecule has 0 heterocycles. The Kier molecular flexibility index (Phi) is 12.5. The monoisotopic (exact) mass is 498 g/mol. The maximum absolute atomic E-state index is 7.05. The molecule has 1 aromatic rings. The fourth-order valence-corrected chi connectivity index (χ4v) is 26.8. The van der Waals surface area contributed by atoms with Gasteiger partial charge < -0.3 is 0 Å². The van der Waals surface area contributed by atoms with E-state index in [2.05, 4.69) is 70.7 Å². The molecular weight excluding hydrogens is 451 g/mol. The van der Waals surface area contributed by atoms with E-state index in [-0.39, 0.29) is 0 Å². The molecule has 1 rings (SSSR count). The summed E-state index contributed by atoms with van der Waals surface area (Å²) in [6.45, 7) is 14.3. The van der Waals surface area contributed by atoms with Crippen LogP contribution in [-0.4, -0.2) is 30.8 Å². The Morgan fingerprint density at radius 1 is 0.815 bits per heavy atom. The first-order valence-electron chi connectivity index (χ1n) is 11.6. The molecule has 0 bridgehead atoms. The van der Waals surface area contributed by atoms with Gasteiger partial charge in [0.05, 0.1) is 0 Å². The molecule has 0 saturated heterocycles. The van der Waals surface area contributed by atoms with Crippen LogP contribution in [0.4, 0.5) is 0 Å². The van der Waals surface area contributed by atoms with Gasteiger partial charge in [-0.05, 0) is 0 Å². The first kappa shape index (κ1) is 25.2. The van der Waals surface area contributed by atoms with Crippen LogP contribution in [0, 0.1) is 0 Å². The summed E-state index contributed by atoms with van der Waals surface area (Å²) in [5.74, 6) is 0. The molecule has 1 nitrogen and oxygen atoms in total. The van der Waals surface area contributed by atoms with E-state index < -0.39 is 26.7 Å². The minimum atomic E-state index is -2.37. The Morgan fingerprint density at radius 3 is 1.70 bits per heavy atom. The van der Waals surface area contributed by atoms with Crippen LogP contribution in [0.25, 0.3) is 0 Å². The summed E-state index contributed by atoms with van der Waals surface area (Å²) >= 11 is -2.37. The van der Waals surface area contributed by atoms with Crippen molar-refractivity contribution in [2.24, 2.45) is 0 Å². The minimum absolute atomic E-state index is 0.621. The van der Waals surface area contributed by atoms with Gasteiger partial charge in [-0.25, -0.2) is 0 Å². The van der Waals surface area contributed by atoms with Crippen molar-refractivity contribution in [2.45, 2.75) is 109 Å². The molecule has 1 unspecified atom stereocenters. The SMILES string of the molecule is CCC[CH2][Sn]([CH2]CCC)([CH2]CCC)[CH](CCc1ccccc1)O[Si](C)(C)C. The van der Waals surface area contributed by atoms with E-state index >= 15 is 0 Å². The molecule has 1 atom stereocenters. The molecule has 0 fully saturated rings. The number of hydrogen-bond acceptors (Lipinski definition) is 1. The van der Waals surface area contributed by atoms with Crippen LogP contribution in [0.5, 0.6) is 0 Å². The van der Waals surface area contributed by atoms with E-state index in [1.807, 2.05) is 0 Å². The number of aryl methyl sites for hydroxylation is 1. The quantitative estimate of drug-likeness (QED) is 0.222. The summed E-state index contributed by atoms with van der Waals surface area (Å²) in [7, 11) is -1.53. The van der Waals surface area contributed by atoms with Gasteiger partial charge in [-0.2, -0.15) is 0 Å². The molecule has 156 valence electrons. The second-order valence-electron chi connectivity index (χ2n) is 9.42. The van der Waals surface area contributed by atoms with Crippen molar-refractivity contribution in [3.05, 3.63) is 35.9 Å². The molecule has 0 spiro atoms. The van der Waals surface area contributed by atoms with Crippen LogP contribution in [-0.2, 0) is 10.8 Å². The Balaban J connectivity index is 3.10. The van der Waals surface area contributed by atoms with Crippen LogP contribution in [0.2, 0.25) is 33.0 Å². The number of hydrogen-bond donors (Lipinski definition) is 0. The molecule has 27 heavy (non-hydrogen) atoms. The average Bonchev–Trinajstić information content (AvgIpc) is 2.65. The summed E-state index contributed by atoms with van der Waals surface area (Å²) in [6, 6.07) is 11.1. The summed E-state index contributed by atoms with van der Waals surface area (Å²) < 4.78 is 12.3. The van der Waals surface area contributed by atoms with Crippen molar-refractivity contribution in [2.75, 3.05) is 0 Å². The van der Waals surface area contributed by atoms with Gasteiger partial charge in [0, 0.05) is 0 Å². The van der Waals surface area contributed by atoms with Gasteiger partial charge >= 0.3 is 176 Å². The van der Waals surface area contributed by atoms with Crippen LogP contribution in [0.1, 0.15) is 71.3 Å². The van der Waals surface area contributed by atoms with Crippen LogP contribution in [0.3, 0.4) is 0 Å². The van der Waals surface area contributed by atoms with Crippen molar-refractivity contribution in [1.82, 2.24) is 0 Å². The number of rotatable bonds is 15. The van der Waals surface area contributed by atoms with Gasteiger partial charge in [0.15, 0.2) is 0 Å². The molecular formula is C24H46OSiSn. The molecule has 0 aliphatic rings. The molecule has 0 aliphatic carbocycles.